The van der Waals surface area contributed by atoms with Crippen LogP contribution in [0.15, 0.2) is 28.0 Å². The predicted molar refractivity (Wildman–Crippen MR) is 67.7 cm³/mol. The van der Waals surface area contributed by atoms with Crippen LogP contribution in [0.3, 0.4) is 0 Å². The average molecular weight is 245 g/mol. The van der Waals surface area contributed by atoms with Gasteiger partial charge in [-0.1, -0.05) is 6.07 Å². The van der Waals surface area contributed by atoms with E-state index in [2.05, 4.69) is 9.97 Å². The number of nitrogens with zero attached hydrogens (tertiary/aromatic N) is 2. The maximum atomic E-state index is 5.55. The minimum Gasteiger partial charge on any atom is -0.441 e. The Hall–Kier alpha value is -1.72. The molecule has 0 atom stereocenters. The summed E-state index contributed by atoms with van der Waals surface area (Å²) in [4.78, 5) is 8.71. The van der Waals surface area contributed by atoms with Crippen LogP contribution in [-0.2, 0) is 6.54 Å². The van der Waals surface area contributed by atoms with Gasteiger partial charge in [-0.05, 0) is 12.1 Å². The fraction of sp³-hybridized carbons (Fsp3) is 0.167. The molecule has 0 saturated carbocycles. The zero-order valence-electron chi connectivity index (χ0n) is 9.30. The summed E-state index contributed by atoms with van der Waals surface area (Å²) >= 11 is 1.57. The number of thiazole rings is 1. The molecule has 86 valence electrons. The van der Waals surface area contributed by atoms with E-state index in [9.17, 15) is 0 Å². The van der Waals surface area contributed by atoms with Gasteiger partial charge in [0.2, 0.25) is 0 Å². The van der Waals surface area contributed by atoms with Gasteiger partial charge in [-0.3, -0.25) is 0 Å². The summed E-state index contributed by atoms with van der Waals surface area (Å²) in [7, 11) is 0. The fourth-order valence-electron chi connectivity index (χ4n) is 1.74. The molecule has 0 saturated heterocycles. The van der Waals surface area contributed by atoms with Crippen molar-refractivity contribution < 1.29 is 4.42 Å². The Kier molecular flexibility index (Phi) is 2.42. The van der Waals surface area contributed by atoms with Crippen LogP contribution >= 0.6 is 11.3 Å². The predicted octanol–water partition coefficient (Wildman–Crippen LogP) is 2.72. The van der Waals surface area contributed by atoms with E-state index in [1.165, 1.54) is 0 Å². The van der Waals surface area contributed by atoms with Crippen LogP contribution in [0.2, 0.25) is 0 Å². The SMILES string of the molecule is Cc1nc2ccc(-c3csc(CN)n3)cc2o1. The number of hydrogen-bond acceptors (Lipinski definition) is 5. The maximum absolute atomic E-state index is 5.55. The van der Waals surface area contributed by atoms with Crippen LogP contribution in [0, 0.1) is 6.92 Å². The van der Waals surface area contributed by atoms with Crippen LogP contribution in [0.4, 0.5) is 0 Å². The first-order chi connectivity index (χ1) is 8.26. The molecule has 0 aliphatic heterocycles. The molecule has 3 rings (SSSR count). The molecule has 0 aliphatic rings. The van der Waals surface area contributed by atoms with Crippen LogP contribution in [0.1, 0.15) is 10.9 Å². The first-order valence-corrected chi connectivity index (χ1v) is 6.16. The molecule has 3 aromatic rings. The minimum absolute atomic E-state index is 0.480. The first kappa shape index (κ1) is 10.4. The number of fused-ring (bicyclic) bond motifs is 1. The molecule has 0 fully saturated rings. The zero-order valence-corrected chi connectivity index (χ0v) is 10.1. The summed E-state index contributed by atoms with van der Waals surface area (Å²) in [5, 5.41) is 2.95. The molecule has 2 N–H and O–H groups in total. The average Bonchev–Trinajstić information content (AvgIpc) is 2.92. The molecule has 2 heterocycles. The fourth-order valence-corrected chi connectivity index (χ4v) is 2.42. The van der Waals surface area contributed by atoms with Crippen molar-refractivity contribution in [2.24, 2.45) is 5.73 Å². The van der Waals surface area contributed by atoms with Crippen molar-refractivity contribution in [1.29, 1.82) is 0 Å². The van der Waals surface area contributed by atoms with Gasteiger partial charge in [-0.15, -0.1) is 11.3 Å². The number of oxazole rings is 1. The number of aromatic nitrogens is 2. The van der Waals surface area contributed by atoms with E-state index < -0.39 is 0 Å². The van der Waals surface area contributed by atoms with Gasteiger partial charge >= 0.3 is 0 Å². The maximum Gasteiger partial charge on any atom is 0.192 e. The monoisotopic (exact) mass is 245 g/mol. The number of aryl methyl sites for hydroxylation is 1. The highest BCUT2D eigenvalue weighted by molar-refractivity contribution is 7.09. The molecule has 0 spiro atoms. The number of benzene rings is 1. The second-order valence-corrected chi connectivity index (χ2v) is 4.69. The molecular weight excluding hydrogens is 234 g/mol. The molecule has 0 amide bonds. The molecule has 0 radical (unpaired) electrons. The Morgan fingerprint density at radius 1 is 1.35 bits per heavy atom. The van der Waals surface area contributed by atoms with Gasteiger partial charge in [0.05, 0.1) is 5.69 Å². The molecule has 0 bridgehead atoms. The Morgan fingerprint density at radius 3 is 3.00 bits per heavy atom. The Balaban J connectivity index is 2.10. The van der Waals surface area contributed by atoms with Crippen LogP contribution in [-0.4, -0.2) is 9.97 Å². The molecule has 0 unspecified atom stereocenters. The van der Waals surface area contributed by atoms with E-state index in [1.807, 2.05) is 30.5 Å². The molecule has 2 aromatic heterocycles. The number of hydrogen-bond donors (Lipinski definition) is 1. The van der Waals surface area contributed by atoms with Crippen molar-refractivity contribution in [3.05, 3.63) is 34.5 Å². The van der Waals surface area contributed by atoms with E-state index in [4.69, 9.17) is 10.2 Å². The van der Waals surface area contributed by atoms with Gasteiger partial charge in [0.25, 0.3) is 0 Å². The highest BCUT2D eigenvalue weighted by atomic mass is 32.1. The van der Waals surface area contributed by atoms with Crippen molar-refractivity contribution in [3.63, 3.8) is 0 Å². The largest absolute Gasteiger partial charge is 0.441 e. The van der Waals surface area contributed by atoms with Gasteiger partial charge in [-0.2, -0.15) is 0 Å². The lowest BCUT2D eigenvalue weighted by atomic mass is 10.1. The molecular formula is C12H11N3OS. The summed E-state index contributed by atoms with van der Waals surface area (Å²) in [6, 6.07) is 5.91. The Morgan fingerprint density at radius 2 is 2.24 bits per heavy atom. The third-order valence-electron chi connectivity index (χ3n) is 2.52. The van der Waals surface area contributed by atoms with E-state index >= 15 is 0 Å². The van der Waals surface area contributed by atoms with Gasteiger partial charge in [0.15, 0.2) is 11.5 Å². The van der Waals surface area contributed by atoms with Gasteiger partial charge in [-0.25, -0.2) is 9.97 Å². The first-order valence-electron chi connectivity index (χ1n) is 5.28. The summed E-state index contributed by atoms with van der Waals surface area (Å²) < 4.78 is 5.50. The van der Waals surface area contributed by atoms with Crippen molar-refractivity contribution >= 4 is 22.4 Å². The quantitative estimate of drug-likeness (QED) is 0.754. The van der Waals surface area contributed by atoms with Crippen molar-refractivity contribution in [1.82, 2.24) is 9.97 Å². The van der Waals surface area contributed by atoms with E-state index in [-0.39, 0.29) is 0 Å². The van der Waals surface area contributed by atoms with E-state index in [0.717, 1.165) is 27.4 Å². The third kappa shape index (κ3) is 1.83. The van der Waals surface area contributed by atoms with Crippen LogP contribution < -0.4 is 5.73 Å². The number of rotatable bonds is 2. The van der Waals surface area contributed by atoms with Gasteiger partial charge < -0.3 is 10.2 Å². The van der Waals surface area contributed by atoms with Crippen molar-refractivity contribution in [2.75, 3.05) is 0 Å². The van der Waals surface area contributed by atoms with Crippen LogP contribution in [0.25, 0.3) is 22.4 Å². The van der Waals surface area contributed by atoms with E-state index in [0.29, 0.717) is 12.4 Å². The van der Waals surface area contributed by atoms with Gasteiger partial charge in [0.1, 0.15) is 10.5 Å². The highest BCUT2D eigenvalue weighted by Gasteiger charge is 2.07. The third-order valence-corrected chi connectivity index (χ3v) is 3.39. The second-order valence-electron chi connectivity index (χ2n) is 3.75. The lowest BCUT2D eigenvalue weighted by Gasteiger charge is -1.95. The smallest absolute Gasteiger partial charge is 0.192 e. The van der Waals surface area contributed by atoms with E-state index in [1.54, 1.807) is 11.3 Å². The standard InChI is InChI=1S/C12H11N3OS/c1-7-14-9-3-2-8(4-11(9)16-7)10-6-17-12(5-13)15-10/h2-4,6H,5,13H2,1H3. The summed E-state index contributed by atoms with van der Waals surface area (Å²) in [5.74, 6) is 0.679. The molecule has 1 aromatic carbocycles. The van der Waals surface area contributed by atoms with Crippen molar-refractivity contribution in [2.45, 2.75) is 13.5 Å². The normalized spacial score (nSPS) is 11.2. The lowest BCUT2D eigenvalue weighted by Crippen LogP contribution is -1.94. The zero-order chi connectivity index (χ0) is 11.8. The Bertz CT molecular complexity index is 671. The summed E-state index contributed by atoms with van der Waals surface area (Å²) in [6.45, 7) is 2.32. The van der Waals surface area contributed by atoms with Crippen molar-refractivity contribution in [3.8, 4) is 11.3 Å². The number of nitrogens with two attached hydrogens (primary N) is 1. The minimum atomic E-state index is 0.480. The summed E-state index contributed by atoms with van der Waals surface area (Å²) in [5.41, 5.74) is 9.19. The molecule has 4 nitrogen and oxygen atoms in total. The molecule has 0 aliphatic carbocycles. The Labute approximate surface area is 102 Å². The highest BCUT2D eigenvalue weighted by Crippen LogP contribution is 2.25. The topological polar surface area (TPSA) is 64.9 Å². The second kappa shape index (κ2) is 3.94. The molecule has 5 heteroatoms. The molecule has 17 heavy (non-hydrogen) atoms. The van der Waals surface area contributed by atoms with Gasteiger partial charge in [0, 0.05) is 24.4 Å². The summed E-state index contributed by atoms with van der Waals surface area (Å²) in [6.07, 6.45) is 0. The lowest BCUT2D eigenvalue weighted by molar-refractivity contribution is 0.561. The van der Waals surface area contributed by atoms with Crippen LogP contribution in [0.5, 0.6) is 0 Å².